The molecular formula is C14H18BrN3O2. The number of ether oxygens (including phenoxy) is 1. The number of halogens is 1. The van der Waals surface area contributed by atoms with Gasteiger partial charge in [0.2, 0.25) is 12.2 Å². The van der Waals surface area contributed by atoms with Crippen molar-refractivity contribution in [3.63, 3.8) is 0 Å². The SMILES string of the molecule is CC(C)(C)NCc1cc(OCc2ncon2)ccc1Br. The van der Waals surface area contributed by atoms with E-state index in [1.54, 1.807) is 0 Å². The molecule has 0 amide bonds. The molecule has 0 aliphatic rings. The lowest BCUT2D eigenvalue weighted by molar-refractivity contribution is 0.286. The molecule has 0 aliphatic carbocycles. The van der Waals surface area contributed by atoms with E-state index in [0.29, 0.717) is 12.4 Å². The summed E-state index contributed by atoms with van der Waals surface area (Å²) in [6, 6.07) is 5.89. The topological polar surface area (TPSA) is 60.2 Å². The molecule has 0 fully saturated rings. The first-order valence-corrected chi connectivity index (χ1v) is 7.15. The molecule has 1 aromatic heterocycles. The Morgan fingerprint density at radius 1 is 1.35 bits per heavy atom. The quantitative estimate of drug-likeness (QED) is 0.905. The second-order valence-electron chi connectivity index (χ2n) is 5.49. The molecule has 1 heterocycles. The molecule has 0 atom stereocenters. The summed E-state index contributed by atoms with van der Waals surface area (Å²) in [4.78, 5) is 3.92. The summed E-state index contributed by atoms with van der Waals surface area (Å²) in [5.41, 5.74) is 1.21. The Kier molecular flexibility index (Phi) is 4.77. The number of rotatable bonds is 5. The van der Waals surface area contributed by atoms with Crippen LogP contribution in [0.4, 0.5) is 0 Å². The van der Waals surface area contributed by atoms with Crippen LogP contribution in [0.3, 0.4) is 0 Å². The average molecular weight is 340 g/mol. The number of aromatic nitrogens is 2. The van der Waals surface area contributed by atoms with Gasteiger partial charge in [-0.3, -0.25) is 0 Å². The first kappa shape index (κ1) is 15.0. The van der Waals surface area contributed by atoms with Gasteiger partial charge in [-0.15, -0.1) is 0 Å². The van der Waals surface area contributed by atoms with E-state index in [4.69, 9.17) is 4.74 Å². The summed E-state index contributed by atoms with van der Waals surface area (Å²) in [5.74, 6) is 1.31. The van der Waals surface area contributed by atoms with Crippen LogP contribution in [0.5, 0.6) is 5.75 Å². The van der Waals surface area contributed by atoms with Crippen molar-refractivity contribution < 1.29 is 9.26 Å². The largest absolute Gasteiger partial charge is 0.485 e. The molecule has 2 aromatic rings. The van der Waals surface area contributed by atoms with Crippen molar-refractivity contribution >= 4 is 15.9 Å². The molecule has 0 unspecified atom stereocenters. The number of hydrogen-bond acceptors (Lipinski definition) is 5. The summed E-state index contributed by atoms with van der Waals surface area (Å²) in [6.07, 6.45) is 1.29. The highest BCUT2D eigenvalue weighted by atomic mass is 79.9. The fourth-order valence-corrected chi connectivity index (χ4v) is 1.93. The minimum Gasteiger partial charge on any atom is -0.485 e. The van der Waals surface area contributed by atoms with Crippen LogP contribution in [0.25, 0.3) is 0 Å². The molecule has 0 radical (unpaired) electrons. The molecule has 0 saturated heterocycles. The van der Waals surface area contributed by atoms with Gasteiger partial charge in [-0.05, 0) is 44.5 Å². The van der Waals surface area contributed by atoms with Gasteiger partial charge in [0.25, 0.3) is 0 Å². The molecule has 108 valence electrons. The number of hydrogen-bond donors (Lipinski definition) is 1. The molecule has 0 spiro atoms. The van der Waals surface area contributed by atoms with E-state index in [-0.39, 0.29) is 5.54 Å². The lowest BCUT2D eigenvalue weighted by Gasteiger charge is -2.21. The number of nitrogens with zero attached hydrogens (tertiary/aromatic N) is 2. The molecule has 0 bridgehead atoms. The molecule has 0 saturated carbocycles. The third-order valence-electron chi connectivity index (χ3n) is 2.60. The average Bonchev–Trinajstić information content (AvgIpc) is 2.88. The lowest BCUT2D eigenvalue weighted by Crippen LogP contribution is -2.35. The molecule has 0 aliphatic heterocycles. The van der Waals surface area contributed by atoms with Crippen LogP contribution in [0, 0.1) is 0 Å². The van der Waals surface area contributed by atoms with E-state index in [2.05, 4.69) is 56.7 Å². The van der Waals surface area contributed by atoms with Crippen LogP contribution >= 0.6 is 15.9 Å². The zero-order valence-electron chi connectivity index (χ0n) is 11.8. The van der Waals surface area contributed by atoms with Crippen molar-refractivity contribution in [3.05, 3.63) is 40.5 Å². The fraction of sp³-hybridized carbons (Fsp3) is 0.429. The normalized spacial score (nSPS) is 11.6. The molecule has 1 aromatic carbocycles. The summed E-state index contributed by atoms with van der Waals surface area (Å²) in [6.45, 7) is 7.47. The summed E-state index contributed by atoms with van der Waals surface area (Å²) in [5, 5.41) is 7.16. The molecule has 2 rings (SSSR count). The predicted octanol–water partition coefficient (Wildman–Crippen LogP) is 3.30. The van der Waals surface area contributed by atoms with Crippen LogP contribution in [0.1, 0.15) is 32.2 Å². The minimum atomic E-state index is 0.0704. The third-order valence-corrected chi connectivity index (χ3v) is 3.37. The highest BCUT2D eigenvalue weighted by Crippen LogP contribution is 2.23. The lowest BCUT2D eigenvalue weighted by atomic mass is 10.1. The van der Waals surface area contributed by atoms with Gasteiger partial charge in [-0.2, -0.15) is 4.98 Å². The van der Waals surface area contributed by atoms with E-state index in [1.165, 1.54) is 6.39 Å². The van der Waals surface area contributed by atoms with Crippen LogP contribution in [-0.4, -0.2) is 15.7 Å². The standard InChI is InChI=1S/C14H18BrN3O2/c1-14(2,3)17-7-10-6-11(4-5-12(10)15)19-8-13-16-9-20-18-13/h4-6,9,17H,7-8H2,1-3H3. The fourth-order valence-electron chi connectivity index (χ4n) is 1.54. The van der Waals surface area contributed by atoms with Crippen molar-refractivity contribution in [2.45, 2.75) is 39.5 Å². The molecule has 20 heavy (non-hydrogen) atoms. The zero-order valence-corrected chi connectivity index (χ0v) is 13.4. The van der Waals surface area contributed by atoms with E-state index < -0.39 is 0 Å². The highest BCUT2D eigenvalue weighted by Gasteiger charge is 2.10. The predicted molar refractivity (Wildman–Crippen MR) is 79.4 cm³/mol. The van der Waals surface area contributed by atoms with Crippen molar-refractivity contribution in [2.24, 2.45) is 0 Å². The van der Waals surface area contributed by atoms with Gasteiger partial charge < -0.3 is 14.6 Å². The van der Waals surface area contributed by atoms with Gasteiger partial charge in [-0.1, -0.05) is 21.1 Å². The summed E-state index contributed by atoms with van der Waals surface area (Å²) in [7, 11) is 0. The Morgan fingerprint density at radius 3 is 2.80 bits per heavy atom. The van der Waals surface area contributed by atoms with Gasteiger partial charge in [0.1, 0.15) is 5.75 Å². The van der Waals surface area contributed by atoms with Crippen LogP contribution in [0.15, 0.2) is 33.6 Å². The Bertz CT molecular complexity index is 550. The van der Waals surface area contributed by atoms with Crippen LogP contribution < -0.4 is 10.1 Å². The van der Waals surface area contributed by atoms with Gasteiger partial charge in [-0.25, -0.2) is 0 Å². The van der Waals surface area contributed by atoms with Gasteiger partial charge in [0.05, 0.1) is 0 Å². The van der Waals surface area contributed by atoms with E-state index >= 15 is 0 Å². The van der Waals surface area contributed by atoms with E-state index in [9.17, 15) is 0 Å². The van der Waals surface area contributed by atoms with Crippen molar-refractivity contribution in [2.75, 3.05) is 0 Å². The van der Waals surface area contributed by atoms with Crippen molar-refractivity contribution in [1.82, 2.24) is 15.5 Å². The summed E-state index contributed by atoms with van der Waals surface area (Å²) < 4.78 is 11.4. The van der Waals surface area contributed by atoms with Crippen molar-refractivity contribution in [3.8, 4) is 5.75 Å². The summed E-state index contributed by atoms with van der Waals surface area (Å²) >= 11 is 3.55. The van der Waals surface area contributed by atoms with Gasteiger partial charge in [0.15, 0.2) is 6.61 Å². The van der Waals surface area contributed by atoms with Crippen LogP contribution in [0.2, 0.25) is 0 Å². The molecule has 1 N–H and O–H groups in total. The smallest absolute Gasteiger partial charge is 0.213 e. The highest BCUT2D eigenvalue weighted by molar-refractivity contribution is 9.10. The molecular weight excluding hydrogens is 322 g/mol. The maximum atomic E-state index is 5.64. The third kappa shape index (κ3) is 4.61. The second kappa shape index (κ2) is 6.37. The second-order valence-corrected chi connectivity index (χ2v) is 6.35. The maximum Gasteiger partial charge on any atom is 0.213 e. The van der Waals surface area contributed by atoms with E-state index in [0.717, 1.165) is 22.3 Å². The Labute approximate surface area is 126 Å². The minimum absolute atomic E-state index is 0.0704. The number of benzene rings is 1. The Hall–Kier alpha value is -1.40. The Morgan fingerprint density at radius 2 is 2.15 bits per heavy atom. The van der Waals surface area contributed by atoms with Gasteiger partial charge in [0, 0.05) is 16.6 Å². The molecule has 6 heteroatoms. The first-order chi connectivity index (χ1) is 9.44. The monoisotopic (exact) mass is 339 g/mol. The van der Waals surface area contributed by atoms with Crippen molar-refractivity contribution in [1.29, 1.82) is 0 Å². The Balaban J connectivity index is 2.00. The van der Waals surface area contributed by atoms with E-state index in [1.807, 2.05) is 18.2 Å². The van der Waals surface area contributed by atoms with Gasteiger partial charge >= 0.3 is 0 Å². The first-order valence-electron chi connectivity index (χ1n) is 6.35. The zero-order chi connectivity index (χ0) is 14.6. The van der Waals surface area contributed by atoms with Crippen LogP contribution in [-0.2, 0) is 13.2 Å². The number of nitrogens with one attached hydrogen (secondary N) is 1. The molecule has 5 nitrogen and oxygen atoms in total. The maximum absolute atomic E-state index is 5.64.